The van der Waals surface area contributed by atoms with Crippen LogP contribution in [0.5, 0.6) is 0 Å². The molecular formula is C12H27N3O2S. The van der Waals surface area contributed by atoms with Gasteiger partial charge in [0.25, 0.3) is 10.2 Å². The van der Waals surface area contributed by atoms with E-state index in [0.29, 0.717) is 6.54 Å². The highest BCUT2D eigenvalue weighted by atomic mass is 32.2. The number of nitrogens with two attached hydrogens (primary N) is 1. The standard InChI is InChI=1S/C12H27N3O2S/c1-12(2,3)14-18(16,17)15(4)11-8-6-5-7-10(11)9-13/h10-11,14H,5-9,13H2,1-4H3. The van der Waals surface area contributed by atoms with E-state index in [4.69, 9.17) is 5.73 Å². The van der Waals surface area contributed by atoms with Gasteiger partial charge in [0.1, 0.15) is 0 Å². The van der Waals surface area contributed by atoms with Crippen molar-refractivity contribution in [3.63, 3.8) is 0 Å². The third-order valence-corrected chi connectivity index (χ3v) is 5.35. The molecule has 5 nitrogen and oxygen atoms in total. The summed E-state index contributed by atoms with van der Waals surface area (Å²) in [6.45, 7) is 6.10. The number of hydrogen-bond acceptors (Lipinski definition) is 3. The minimum absolute atomic E-state index is 0.0311. The van der Waals surface area contributed by atoms with E-state index in [0.717, 1.165) is 25.7 Å². The molecule has 1 aliphatic carbocycles. The largest absolute Gasteiger partial charge is 0.330 e. The lowest BCUT2D eigenvalue weighted by Crippen LogP contribution is -2.53. The van der Waals surface area contributed by atoms with E-state index in [9.17, 15) is 8.42 Å². The summed E-state index contributed by atoms with van der Waals surface area (Å²) in [4.78, 5) is 0. The van der Waals surface area contributed by atoms with Crippen LogP contribution in [0.4, 0.5) is 0 Å². The molecule has 2 unspecified atom stereocenters. The summed E-state index contributed by atoms with van der Waals surface area (Å²) in [5, 5.41) is 0. The van der Waals surface area contributed by atoms with Gasteiger partial charge in [-0.1, -0.05) is 12.8 Å². The lowest BCUT2D eigenvalue weighted by atomic mass is 9.85. The van der Waals surface area contributed by atoms with Crippen molar-refractivity contribution in [1.29, 1.82) is 0 Å². The Morgan fingerprint density at radius 2 is 1.83 bits per heavy atom. The van der Waals surface area contributed by atoms with Crippen molar-refractivity contribution in [2.24, 2.45) is 11.7 Å². The molecule has 2 atom stereocenters. The molecule has 1 aliphatic rings. The minimum Gasteiger partial charge on any atom is -0.330 e. The van der Waals surface area contributed by atoms with Crippen LogP contribution < -0.4 is 10.5 Å². The Bertz CT molecular complexity index is 362. The lowest BCUT2D eigenvalue weighted by molar-refractivity contribution is 0.201. The van der Waals surface area contributed by atoms with Crippen LogP contribution in [0.1, 0.15) is 46.5 Å². The second-order valence-corrected chi connectivity index (χ2v) is 7.95. The van der Waals surface area contributed by atoms with Crippen LogP contribution in [-0.2, 0) is 10.2 Å². The van der Waals surface area contributed by atoms with Crippen molar-refractivity contribution in [1.82, 2.24) is 9.03 Å². The lowest BCUT2D eigenvalue weighted by Gasteiger charge is -2.37. The number of hydrogen-bond donors (Lipinski definition) is 2. The molecule has 0 radical (unpaired) electrons. The van der Waals surface area contributed by atoms with Crippen LogP contribution >= 0.6 is 0 Å². The smallest absolute Gasteiger partial charge is 0.279 e. The summed E-state index contributed by atoms with van der Waals surface area (Å²) in [6, 6.07) is 0.0311. The van der Waals surface area contributed by atoms with E-state index in [1.54, 1.807) is 7.05 Å². The van der Waals surface area contributed by atoms with Gasteiger partial charge in [0.2, 0.25) is 0 Å². The molecule has 0 spiro atoms. The zero-order chi connectivity index (χ0) is 14.0. The van der Waals surface area contributed by atoms with Crippen LogP contribution in [0.2, 0.25) is 0 Å². The highest BCUT2D eigenvalue weighted by molar-refractivity contribution is 7.87. The minimum atomic E-state index is -3.43. The second-order valence-electron chi connectivity index (χ2n) is 6.22. The first kappa shape index (κ1) is 15.9. The van der Waals surface area contributed by atoms with Crippen molar-refractivity contribution >= 4 is 10.2 Å². The monoisotopic (exact) mass is 277 g/mol. The molecule has 1 rings (SSSR count). The fourth-order valence-corrected chi connectivity index (χ4v) is 4.13. The third-order valence-electron chi connectivity index (χ3n) is 3.45. The summed E-state index contributed by atoms with van der Waals surface area (Å²) in [5.74, 6) is 0.278. The summed E-state index contributed by atoms with van der Waals surface area (Å²) in [7, 11) is -1.77. The number of nitrogens with one attached hydrogen (secondary N) is 1. The molecule has 0 bridgehead atoms. The molecule has 1 saturated carbocycles. The van der Waals surface area contributed by atoms with E-state index in [1.165, 1.54) is 4.31 Å². The molecule has 0 saturated heterocycles. The van der Waals surface area contributed by atoms with Crippen LogP contribution in [-0.4, -0.2) is 37.9 Å². The molecule has 1 fully saturated rings. The van der Waals surface area contributed by atoms with Crippen LogP contribution in [0, 0.1) is 5.92 Å². The maximum Gasteiger partial charge on any atom is 0.279 e. The van der Waals surface area contributed by atoms with E-state index in [2.05, 4.69) is 4.72 Å². The van der Waals surface area contributed by atoms with Gasteiger partial charge < -0.3 is 5.73 Å². The molecule has 0 heterocycles. The Labute approximate surface area is 111 Å². The van der Waals surface area contributed by atoms with Crippen molar-refractivity contribution < 1.29 is 8.42 Å². The second kappa shape index (κ2) is 5.86. The molecule has 0 aromatic rings. The Morgan fingerprint density at radius 3 is 2.33 bits per heavy atom. The molecule has 0 amide bonds. The van der Waals surface area contributed by atoms with Gasteiger partial charge in [-0.15, -0.1) is 0 Å². The zero-order valence-corrected chi connectivity index (χ0v) is 12.8. The van der Waals surface area contributed by atoms with Gasteiger partial charge in [0.05, 0.1) is 0 Å². The highest BCUT2D eigenvalue weighted by Crippen LogP contribution is 2.28. The maximum atomic E-state index is 12.3. The highest BCUT2D eigenvalue weighted by Gasteiger charge is 2.35. The van der Waals surface area contributed by atoms with Gasteiger partial charge in [-0.2, -0.15) is 17.4 Å². The Kier molecular flexibility index (Phi) is 5.17. The van der Waals surface area contributed by atoms with Crippen LogP contribution in [0.25, 0.3) is 0 Å². The van der Waals surface area contributed by atoms with Crippen LogP contribution in [0.15, 0.2) is 0 Å². The van der Waals surface area contributed by atoms with Gasteiger partial charge in [0.15, 0.2) is 0 Å². The summed E-state index contributed by atoms with van der Waals surface area (Å²) in [6.07, 6.45) is 4.16. The van der Waals surface area contributed by atoms with E-state index < -0.39 is 15.7 Å². The van der Waals surface area contributed by atoms with Crippen LogP contribution in [0.3, 0.4) is 0 Å². The van der Waals surface area contributed by atoms with Gasteiger partial charge in [-0.25, -0.2) is 0 Å². The molecule has 6 heteroatoms. The average molecular weight is 277 g/mol. The molecular weight excluding hydrogens is 250 g/mol. The summed E-state index contributed by atoms with van der Waals surface area (Å²) >= 11 is 0. The summed E-state index contributed by atoms with van der Waals surface area (Å²) < 4.78 is 28.7. The van der Waals surface area contributed by atoms with Gasteiger partial charge in [-0.05, 0) is 46.1 Å². The predicted octanol–water partition coefficient (Wildman–Crippen LogP) is 1.07. The van der Waals surface area contributed by atoms with Gasteiger partial charge in [0, 0.05) is 18.6 Å². The average Bonchev–Trinajstić information content (AvgIpc) is 2.24. The van der Waals surface area contributed by atoms with Crippen molar-refractivity contribution in [3.05, 3.63) is 0 Å². The van der Waals surface area contributed by atoms with Gasteiger partial charge >= 0.3 is 0 Å². The molecule has 18 heavy (non-hydrogen) atoms. The maximum absolute atomic E-state index is 12.3. The van der Waals surface area contributed by atoms with Crippen molar-refractivity contribution in [3.8, 4) is 0 Å². The molecule has 0 aromatic carbocycles. The van der Waals surface area contributed by atoms with Gasteiger partial charge in [-0.3, -0.25) is 0 Å². The molecule has 0 aromatic heterocycles. The molecule has 0 aliphatic heterocycles. The Balaban J connectivity index is 2.81. The zero-order valence-electron chi connectivity index (χ0n) is 11.9. The van der Waals surface area contributed by atoms with Crippen molar-refractivity contribution in [2.75, 3.05) is 13.6 Å². The van der Waals surface area contributed by atoms with E-state index in [-0.39, 0.29) is 12.0 Å². The third kappa shape index (κ3) is 4.19. The SMILES string of the molecule is CN(C1CCCCC1CN)S(=O)(=O)NC(C)(C)C. The molecule has 108 valence electrons. The van der Waals surface area contributed by atoms with E-state index >= 15 is 0 Å². The number of rotatable bonds is 4. The fourth-order valence-electron chi connectivity index (χ4n) is 2.58. The Morgan fingerprint density at radius 1 is 1.28 bits per heavy atom. The fraction of sp³-hybridized carbons (Fsp3) is 1.00. The number of nitrogens with zero attached hydrogens (tertiary/aromatic N) is 1. The van der Waals surface area contributed by atoms with E-state index in [1.807, 2.05) is 20.8 Å². The summed E-state index contributed by atoms with van der Waals surface area (Å²) in [5.41, 5.74) is 5.30. The first-order chi connectivity index (χ1) is 8.17. The first-order valence-corrected chi connectivity index (χ1v) is 8.08. The Hall–Kier alpha value is -0.170. The topological polar surface area (TPSA) is 75.4 Å². The predicted molar refractivity (Wildman–Crippen MR) is 74.4 cm³/mol. The van der Waals surface area contributed by atoms with Crippen molar-refractivity contribution in [2.45, 2.75) is 58.0 Å². The first-order valence-electron chi connectivity index (χ1n) is 6.64. The normalized spacial score (nSPS) is 26.6. The quantitative estimate of drug-likeness (QED) is 0.807. The molecule has 3 N–H and O–H groups in total.